The number of piperazine rings is 1. The van der Waals surface area contributed by atoms with E-state index in [0.29, 0.717) is 30.5 Å². The van der Waals surface area contributed by atoms with E-state index in [1.165, 1.54) is 0 Å². The van der Waals surface area contributed by atoms with Crippen LogP contribution in [-0.4, -0.2) is 70.7 Å². The highest BCUT2D eigenvalue weighted by Crippen LogP contribution is 2.47. The van der Waals surface area contributed by atoms with E-state index in [0.717, 1.165) is 62.1 Å². The van der Waals surface area contributed by atoms with E-state index in [1.807, 2.05) is 74.7 Å². The first-order valence-electron chi connectivity index (χ1n) is 17.8. The van der Waals surface area contributed by atoms with Crippen molar-refractivity contribution < 1.29 is 14.3 Å². The Bertz CT molecular complexity index is 1920. The van der Waals surface area contributed by atoms with E-state index < -0.39 is 13.9 Å². The van der Waals surface area contributed by atoms with Crippen LogP contribution in [0.3, 0.4) is 0 Å². The number of benzene rings is 3. The van der Waals surface area contributed by atoms with Crippen molar-refractivity contribution in [2.24, 2.45) is 0 Å². The molecule has 2 aliphatic rings. The zero-order valence-corrected chi connectivity index (χ0v) is 34.4. The lowest BCUT2D eigenvalue weighted by atomic mass is 10.0. The maximum atomic E-state index is 14.0. The maximum absolute atomic E-state index is 14.0. The van der Waals surface area contributed by atoms with Crippen molar-refractivity contribution in [3.8, 4) is 0 Å². The molecule has 3 aromatic carbocycles. The highest BCUT2D eigenvalue weighted by molar-refractivity contribution is 9.10. The molecule has 2 aliphatic heterocycles. The van der Waals surface area contributed by atoms with Crippen LogP contribution in [0, 0.1) is 0 Å². The van der Waals surface area contributed by atoms with Gasteiger partial charge >= 0.3 is 11.8 Å². The Kier molecular flexibility index (Phi) is 11.1. The van der Waals surface area contributed by atoms with E-state index in [2.05, 4.69) is 58.9 Å². The molecule has 0 aliphatic carbocycles. The largest absolute Gasteiger partial charge is 0.444 e. The average molecular weight is 812 g/mol. The van der Waals surface area contributed by atoms with Crippen LogP contribution in [0.5, 0.6) is 0 Å². The summed E-state index contributed by atoms with van der Waals surface area (Å²) in [4.78, 5) is 49.0. The number of unbranched alkanes of at least 4 members (excludes halogenated alkanes) is 1. The van der Waals surface area contributed by atoms with E-state index in [4.69, 9.17) is 21.3 Å². The van der Waals surface area contributed by atoms with E-state index in [1.54, 1.807) is 16.7 Å². The number of thioether (sulfide) groups is 1. The van der Waals surface area contributed by atoms with Crippen LogP contribution in [0.15, 0.2) is 80.9 Å². The van der Waals surface area contributed by atoms with Gasteiger partial charge in [-0.05, 0) is 77.9 Å². The van der Waals surface area contributed by atoms with Gasteiger partial charge in [-0.3, -0.25) is 4.57 Å². The fraction of sp³-hybridized carbons (Fsp3) is 0.462. The van der Waals surface area contributed by atoms with Gasteiger partial charge in [-0.2, -0.15) is 4.98 Å². The summed E-state index contributed by atoms with van der Waals surface area (Å²) in [5.74, 6) is 1.34. The summed E-state index contributed by atoms with van der Waals surface area (Å²) in [5, 5.41) is 3.13. The van der Waals surface area contributed by atoms with E-state index in [9.17, 15) is 14.4 Å². The number of hydrogen-bond acceptors (Lipinski definition) is 7. The normalized spacial score (nSPS) is 18.3. The monoisotopic (exact) mass is 810 g/mol. The predicted octanol–water partition coefficient (Wildman–Crippen LogP) is 8.00. The molecule has 4 aromatic rings. The van der Waals surface area contributed by atoms with Crippen molar-refractivity contribution in [2.45, 2.75) is 94.8 Å². The SMILES string of the molecule is C[C@H]1CN(C(=O)OC(C)(C)C)CCN1c1nc(=O)n2c3c(c(Br)c(Cl)cc13)SC[C@H]2CCCCC(C)(C)[Si](O)(c1ccccc1)c1ccccc1. The van der Waals surface area contributed by atoms with Crippen LogP contribution < -0.4 is 21.0 Å². The summed E-state index contributed by atoms with van der Waals surface area (Å²) < 4.78 is 8.31. The fourth-order valence-corrected chi connectivity index (χ4v) is 13.6. The number of nitrogens with zero attached hydrogens (tertiary/aromatic N) is 4. The molecule has 272 valence electrons. The van der Waals surface area contributed by atoms with Crippen LogP contribution >= 0.6 is 39.3 Å². The minimum atomic E-state index is -3.10. The second kappa shape index (κ2) is 14.9. The Hall–Kier alpha value is -2.83. The highest BCUT2D eigenvalue weighted by atomic mass is 79.9. The van der Waals surface area contributed by atoms with Gasteiger partial charge in [0, 0.05) is 47.8 Å². The molecule has 0 saturated carbocycles. The van der Waals surface area contributed by atoms with Gasteiger partial charge in [0.05, 0.1) is 15.0 Å². The van der Waals surface area contributed by atoms with Crippen LogP contribution in [0.2, 0.25) is 10.1 Å². The molecular weight excluding hydrogens is 764 g/mol. The minimum Gasteiger partial charge on any atom is -0.444 e. The van der Waals surface area contributed by atoms with Gasteiger partial charge in [0.25, 0.3) is 8.32 Å². The maximum Gasteiger partial charge on any atom is 0.410 e. The average Bonchev–Trinajstić information content (AvgIpc) is 3.09. The van der Waals surface area contributed by atoms with Crippen molar-refractivity contribution in [2.75, 3.05) is 30.3 Å². The molecule has 0 unspecified atom stereocenters. The molecule has 0 bridgehead atoms. The first-order valence-corrected chi connectivity index (χ1v) is 21.9. The zero-order chi connectivity index (χ0) is 36.7. The first kappa shape index (κ1) is 37.9. The lowest BCUT2D eigenvalue weighted by molar-refractivity contribution is 0.0218. The third-order valence-electron chi connectivity index (χ3n) is 10.3. The molecule has 1 amide bonds. The van der Waals surface area contributed by atoms with Gasteiger partial charge in [0.15, 0.2) is 0 Å². The van der Waals surface area contributed by atoms with Gasteiger partial charge < -0.3 is 19.3 Å². The molecule has 12 heteroatoms. The Labute approximate surface area is 319 Å². The first-order chi connectivity index (χ1) is 24.1. The van der Waals surface area contributed by atoms with Gasteiger partial charge in [0.2, 0.25) is 0 Å². The quantitative estimate of drug-likeness (QED) is 0.136. The number of rotatable bonds is 9. The van der Waals surface area contributed by atoms with Crippen molar-refractivity contribution in [1.29, 1.82) is 0 Å². The third-order valence-corrected chi connectivity index (χ3v) is 17.7. The highest BCUT2D eigenvalue weighted by Gasteiger charge is 2.49. The minimum absolute atomic E-state index is 0.0314. The predicted molar refractivity (Wildman–Crippen MR) is 216 cm³/mol. The number of aromatic nitrogens is 2. The molecule has 1 aromatic heterocycles. The Morgan fingerprint density at radius 2 is 1.67 bits per heavy atom. The summed E-state index contributed by atoms with van der Waals surface area (Å²) in [5.41, 5.74) is 0.0170. The smallest absolute Gasteiger partial charge is 0.410 e. The lowest BCUT2D eigenvalue weighted by Crippen LogP contribution is -2.65. The number of carbonyl (C=O) groups excluding carboxylic acids is 1. The Morgan fingerprint density at radius 1 is 1.04 bits per heavy atom. The van der Waals surface area contributed by atoms with E-state index >= 15 is 0 Å². The van der Waals surface area contributed by atoms with Crippen molar-refractivity contribution in [1.82, 2.24) is 14.5 Å². The van der Waals surface area contributed by atoms with Crippen molar-refractivity contribution >= 4 is 80.8 Å². The summed E-state index contributed by atoms with van der Waals surface area (Å²) in [6.07, 6.45) is 3.17. The second-order valence-electron chi connectivity index (χ2n) is 15.5. The number of hydrogen-bond donors (Lipinski definition) is 1. The topological polar surface area (TPSA) is 87.9 Å². The second-order valence-corrected chi connectivity index (χ2v) is 21.7. The van der Waals surface area contributed by atoms with Crippen LogP contribution in [-0.2, 0) is 4.74 Å². The number of ether oxygens (including phenoxy) is 1. The Morgan fingerprint density at radius 3 is 2.25 bits per heavy atom. The molecule has 2 atom stereocenters. The molecule has 6 rings (SSSR count). The molecule has 51 heavy (non-hydrogen) atoms. The molecule has 1 N–H and O–H groups in total. The standard InChI is InChI=1S/C39H48BrClN4O4SSi/c1-26-24-43(37(47)49-38(2,3)4)21-22-44(26)35-30-23-31(41)32(40)34-33(30)45(36(46)42-35)27(25-50-34)15-13-14-20-39(5,6)51(48,28-16-9-7-10-17-28)29-18-11-8-12-19-29/h7-12,16-19,23,26-27,48H,13-15,20-22,24-25H2,1-6H3/t26-,27+/m0/s1. The molecule has 3 heterocycles. The van der Waals surface area contributed by atoms with Gasteiger partial charge in [-0.15, -0.1) is 11.8 Å². The van der Waals surface area contributed by atoms with Gasteiger partial charge in [0.1, 0.15) is 11.4 Å². The fourth-order valence-electron chi connectivity index (χ4n) is 7.66. The molecule has 0 radical (unpaired) electrons. The molecule has 1 fully saturated rings. The number of amides is 1. The number of carbonyl (C=O) groups is 1. The summed E-state index contributed by atoms with van der Waals surface area (Å²) >= 11 is 12.2. The van der Waals surface area contributed by atoms with Crippen LogP contribution in [0.1, 0.15) is 73.3 Å². The van der Waals surface area contributed by atoms with E-state index in [-0.39, 0.29) is 28.9 Å². The summed E-state index contributed by atoms with van der Waals surface area (Å²) in [6, 6.07) is 22.1. The van der Waals surface area contributed by atoms with Crippen molar-refractivity contribution in [3.05, 3.63) is 86.7 Å². The molecule has 0 spiro atoms. The zero-order valence-electron chi connectivity index (χ0n) is 30.3. The van der Waals surface area contributed by atoms with Crippen LogP contribution in [0.4, 0.5) is 10.6 Å². The third kappa shape index (κ3) is 7.51. The summed E-state index contributed by atoms with van der Waals surface area (Å²) in [7, 11) is -3.10. The molecule has 1 saturated heterocycles. The Balaban J connectivity index is 1.23. The number of anilines is 1. The number of halogens is 2. The lowest BCUT2D eigenvalue weighted by Gasteiger charge is -2.41. The van der Waals surface area contributed by atoms with Gasteiger partial charge in [-0.1, -0.05) is 99.0 Å². The van der Waals surface area contributed by atoms with Gasteiger partial charge in [-0.25, -0.2) is 9.59 Å². The molecule has 8 nitrogen and oxygen atoms in total. The van der Waals surface area contributed by atoms with Crippen molar-refractivity contribution in [3.63, 3.8) is 0 Å². The molecular formula is C39H48BrClN4O4SSi. The summed E-state index contributed by atoms with van der Waals surface area (Å²) in [6.45, 7) is 13.5. The van der Waals surface area contributed by atoms with Crippen LogP contribution in [0.25, 0.3) is 10.9 Å².